The molecule has 0 spiro atoms. The molecule has 0 aliphatic carbocycles. The number of likely N-dealkylation sites (tertiary alicyclic amines) is 2. The molecule has 1 atom stereocenters. The van der Waals surface area contributed by atoms with Gasteiger partial charge in [0.2, 0.25) is 5.91 Å². The van der Waals surface area contributed by atoms with Crippen LogP contribution in [-0.4, -0.2) is 60.5 Å². The predicted molar refractivity (Wildman–Crippen MR) is 105 cm³/mol. The minimum atomic E-state index is 0.181. The number of carbonyl (C=O) groups is 1. The zero-order valence-electron chi connectivity index (χ0n) is 15.7. The number of piperidine rings is 2. The second kappa shape index (κ2) is 9.15. The lowest BCUT2D eigenvalue weighted by molar-refractivity contribution is -0.127. The van der Waals surface area contributed by atoms with E-state index in [0.29, 0.717) is 12.1 Å². The van der Waals surface area contributed by atoms with Crippen molar-refractivity contribution in [3.05, 3.63) is 22.4 Å². The summed E-state index contributed by atoms with van der Waals surface area (Å²) in [5.41, 5.74) is 0. The minimum absolute atomic E-state index is 0.181. The highest BCUT2D eigenvalue weighted by molar-refractivity contribution is 7.09. The molecule has 3 heterocycles. The number of hydrogen-bond acceptors (Lipinski definition) is 4. The molecule has 0 aromatic carbocycles. The van der Waals surface area contributed by atoms with Crippen LogP contribution in [0.4, 0.5) is 0 Å². The van der Waals surface area contributed by atoms with E-state index in [1.54, 1.807) is 11.3 Å². The Morgan fingerprint density at radius 1 is 1.28 bits per heavy atom. The van der Waals surface area contributed by atoms with E-state index < -0.39 is 0 Å². The molecule has 0 radical (unpaired) electrons. The standard InChI is InChI=1S/C20H33N3OS/c1-16(2)22-12-8-18(9-13-22)23-11-3-5-17(15-23)20(24)21-10-7-19-6-4-14-25-19/h4,6,14,16-18H,3,5,7-13,15H2,1-2H3,(H,21,24). The van der Waals surface area contributed by atoms with Gasteiger partial charge in [0.25, 0.3) is 0 Å². The van der Waals surface area contributed by atoms with Crippen molar-refractivity contribution in [3.63, 3.8) is 0 Å². The molecule has 3 rings (SSSR count). The maximum Gasteiger partial charge on any atom is 0.224 e. The van der Waals surface area contributed by atoms with Crippen LogP contribution in [0.25, 0.3) is 0 Å². The summed E-state index contributed by atoms with van der Waals surface area (Å²) in [5.74, 6) is 0.445. The molecule has 1 aromatic rings. The monoisotopic (exact) mass is 363 g/mol. The summed E-state index contributed by atoms with van der Waals surface area (Å²) in [6.07, 6.45) is 5.67. The molecule has 25 heavy (non-hydrogen) atoms. The molecule has 0 bridgehead atoms. The Morgan fingerprint density at radius 3 is 2.76 bits per heavy atom. The summed E-state index contributed by atoms with van der Waals surface area (Å²) >= 11 is 1.77. The lowest BCUT2D eigenvalue weighted by Gasteiger charge is -2.43. The van der Waals surface area contributed by atoms with E-state index in [9.17, 15) is 4.79 Å². The summed E-state index contributed by atoms with van der Waals surface area (Å²) in [5, 5.41) is 5.27. The van der Waals surface area contributed by atoms with Crippen molar-refractivity contribution in [1.82, 2.24) is 15.1 Å². The van der Waals surface area contributed by atoms with Gasteiger partial charge in [0.1, 0.15) is 0 Å². The molecule has 1 unspecified atom stereocenters. The summed E-state index contributed by atoms with van der Waals surface area (Å²) < 4.78 is 0. The first-order chi connectivity index (χ1) is 12.1. The van der Waals surface area contributed by atoms with E-state index in [1.807, 2.05) is 0 Å². The normalized spacial score (nSPS) is 23.9. The van der Waals surface area contributed by atoms with Gasteiger partial charge in [-0.15, -0.1) is 11.3 Å². The van der Waals surface area contributed by atoms with Crippen LogP contribution in [0.5, 0.6) is 0 Å². The van der Waals surface area contributed by atoms with Crippen molar-refractivity contribution >= 4 is 17.2 Å². The van der Waals surface area contributed by atoms with Crippen LogP contribution in [-0.2, 0) is 11.2 Å². The average molecular weight is 364 g/mol. The molecule has 0 saturated carbocycles. The number of nitrogens with one attached hydrogen (secondary N) is 1. The van der Waals surface area contributed by atoms with Gasteiger partial charge in [0.15, 0.2) is 0 Å². The van der Waals surface area contributed by atoms with E-state index in [2.05, 4.69) is 46.5 Å². The molecule has 1 N–H and O–H groups in total. The Morgan fingerprint density at radius 2 is 2.08 bits per heavy atom. The topological polar surface area (TPSA) is 35.6 Å². The number of amides is 1. The number of carbonyl (C=O) groups excluding carboxylic acids is 1. The van der Waals surface area contributed by atoms with Crippen molar-refractivity contribution in [1.29, 1.82) is 0 Å². The van der Waals surface area contributed by atoms with E-state index in [1.165, 1.54) is 37.4 Å². The van der Waals surface area contributed by atoms with Crippen molar-refractivity contribution in [2.45, 2.75) is 58.0 Å². The number of thiophene rings is 1. The highest BCUT2D eigenvalue weighted by Crippen LogP contribution is 2.24. The van der Waals surface area contributed by atoms with E-state index in [-0.39, 0.29) is 11.8 Å². The smallest absolute Gasteiger partial charge is 0.224 e. The van der Waals surface area contributed by atoms with Gasteiger partial charge in [-0.1, -0.05) is 6.07 Å². The molecule has 5 heteroatoms. The molecule has 1 aromatic heterocycles. The number of hydrogen-bond donors (Lipinski definition) is 1. The molecular formula is C20H33N3OS. The van der Waals surface area contributed by atoms with Crippen LogP contribution in [0, 0.1) is 5.92 Å². The van der Waals surface area contributed by atoms with Gasteiger partial charge in [-0.05, 0) is 77.0 Å². The lowest BCUT2D eigenvalue weighted by Crippen LogP contribution is -2.51. The first-order valence-corrected chi connectivity index (χ1v) is 10.8. The molecule has 2 aliphatic heterocycles. The highest BCUT2D eigenvalue weighted by Gasteiger charge is 2.31. The third kappa shape index (κ3) is 5.28. The van der Waals surface area contributed by atoms with Crippen LogP contribution in [0.3, 0.4) is 0 Å². The quantitative estimate of drug-likeness (QED) is 0.844. The fraction of sp³-hybridized carbons (Fsp3) is 0.750. The van der Waals surface area contributed by atoms with Crippen LogP contribution in [0.15, 0.2) is 17.5 Å². The average Bonchev–Trinajstić information content (AvgIpc) is 3.15. The van der Waals surface area contributed by atoms with Crippen molar-refractivity contribution in [3.8, 4) is 0 Å². The zero-order valence-corrected chi connectivity index (χ0v) is 16.6. The maximum absolute atomic E-state index is 12.6. The summed E-state index contributed by atoms with van der Waals surface area (Å²) in [6, 6.07) is 5.55. The van der Waals surface area contributed by atoms with Gasteiger partial charge < -0.3 is 10.2 Å². The number of nitrogens with zero attached hydrogens (tertiary/aromatic N) is 2. The Kier molecular flexibility index (Phi) is 6.91. The molecule has 2 fully saturated rings. The Bertz CT molecular complexity index is 523. The van der Waals surface area contributed by atoms with Crippen LogP contribution < -0.4 is 5.32 Å². The Hall–Kier alpha value is -0.910. The van der Waals surface area contributed by atoms with Gasteiger partial charge in [-0.25, -0.2) is 0 Å². The fourth-order valence-electron chi connectivity index (χ4n) is 4.23. The fourth-order valence-corrected chi connectivity index (χ4v) is 4.94. The third-order valence-corrected chi connectivity index (χ3v) is 6.76. The largest absolute Gasteiger partial charge is 0.355 e. The second-order valence-electron chi connectivity index (χ2n) is 7.82. The van der Waals surface area contributed by atoms with Crippen molar-refractivity contribution in [2.75, 3.05) is 32.7 Å². The third-order valence-electron chi connectivity index (χ3n) is 5.82. The maximum atomic E-state index is 12.6. The van der Waals surface area contributed by atoms with E-state index in [0.717, 1.165) is 32.4 Å². The molecule has 4 nitrogen and oxygen atoms in total. The number of rotatable bonds is 6. The van der Waals surface area contributed by atoms with Crippen molar-refractivity contribution in [2.24, 2.45) is 5.92 Å². The van der Waals surface area contributed by atoms with Crippen LogP contribution in [0.1, 0.15) is 44.4 Å². The lowest BCUT2D eigenvalue weighted by atomic mass is 9.93. The van der Waals surface area contributed by atoms with E-state index >= 15 is 0 Å². The molecule has 2 saturated heterocycles. The van der Waals surface area contributed by atoms with Gasteiger partial charge in [-0.2, -0.15) is 0 Å². The van der Waals surface area contributed by atoms with Gasteiger partial charge in [0, 0.05) is 30.1 Å². The molecular weight excluding hydrogens is 330 g/mol. The molecule has 1 amide bonds. The van der Waals surface area contributed by atoms with Gasteiger partial charge >= 0.3 is 0 Å². The summed E-state index contributed by atoms with van der Waals surface area (Å²) in [4.78, 5) is 19.1. The molecule has 140 valence electrons. The van der Waals surface area contributed by atoms with Crippen LogP contribution >= 0.6 is 11.3 Å². The minimum Gasteiger partial charge on any atom is -0.355 e. The predicted octanol–water partition coefficient (Wildman–Crippen LogP) is 2.99. The first-order valence-electron chi connectivity index (χ1n) is 9.91. The Labute approximate surface area is 156 Å². The SMILES string of the molecule is CC(C)N1CCC(N2CCCC(C(=O)NCCc3cccs3)C2)CC1. The highest BCUT2D eigenvalue weighted by atomic mass is 32.1. The van der Waals surface area contributed by atoms with Crippen molar-refractivity contribution < 1.29 is 4.79 Å². The summed E-state index contributed by atoms with van der Waals surface area (Å²) in [7, 11) is 0. The zero-order chi connectivity index (χ0) is 17.6. The van der Waals surface area contributed by atoms with Gasteiger partial charge in [0.05, 0.1) is 5.92 Å². The van der Waals surface area contributed by atoms with E-state index in [4.69, 9.17) is 0 Å². The summed E-state index contributed by atoms with van der Waals surface area (Å²) in [6.45, 7) is 9.88. The van der Waals surface area contributed by atoms with Crippen LogP contribution in [0.2, 0.25) is 0 Å². The first kappa shape index (κ1) is 18.9. The Balaban J connectivity index is 1.42. The second-order valence-corrected chi connectivity index (χ2v) is 8.85. The molecule has 2 aliphatic rings. The van der Waals surface area contributed by atoms with Gasteiger partial charge in [-0.3, -0.25) is 9.69 Å².